The van der Waals surface area contributed by atoms with Crippen molar-refractivity contribution in [2.24, 2.45) is 0 Å². The second kappa shape index (κ2) is 18.1. The highest BCUT2D eigenvalue weighted by atomic mass is 15.1. The Kier molecular flexibility index (Phi) is 10.6. The minimum atomic E-state index is -0.418. The first-order valence-corrected chi connectivity index (χ1v) is 27.5. The molecular formula is C76H56N2. The maximum atomic E-state index is 2.47. The predicted molar refractivity (Wildman–Crippen MR) is 327 cm³/mol. The van der Waals surface area contributed by atoms with E-state index in [0.29, 0.717) is 0 Å². The first kappa shape index (κ1) is 45.9. The van der Waals surface area contributed by atoms with Gasteiger partial charge in [-0.05, 0) is 157 Å². The van der Waals surface area contributed by atoms with Gasteiger partial charge in [0, 0.05) is 44.9 Å². The fraction of sp³-hybridized carbons (Fsp3) is 0.0789. The van der Waals surface area contributed by atoms with Crippen molar-refractivity contribution in [2.45, 2.75) is 37.0 Å². The van der Waals surface area contributed by atoms with Crippen molar-refractivity contribution in [3.05, 3.63) is 324 Å². The van der Waals surface area contributed by atoms with Crippen molar-refractivity contribution in [3.63, 3.8) is 0 Å². The quantitative estimate of drug-likeness (QED) is 0.140. The van der Waals surface area contributed by atoms with Gasteiger partial charge in [0.15, 0.2) is 0 Å². The largest absolute Gasteiger partial charge is 0.310 e. The lowest BCUT2D eigenvalue weighted by Crippen LogP contribution is -2.28. The van der Waals surface area contributed by atoms with Gasteiger partial charge >= 0.3 is 0 Å². The number of fused-ring (bicyclic) bond motifs is 9. The van der Waals surface area contributed by atoms with E-state index in [0.717, 1.165) is 23.5 Å². The van der Waals surface area contributed by atoms with E-state index in [9.17, 15) is 0 Å². The van der Waals surface area contributed by atoms with Crippen molar-refractivity contribution in [3.8, 4) is 44.5 Å². The molecule has 0 saturated heterocycles. The molecule has 2 nitrogen and oxygen atoms in total. The van der Waals surface area contributed by atoms with Gasteiger partial charge in [0.25, 0.3) is 0 Å². The van der Waals surface area contributed by atoms with Crippen LogP contribution in [-0.4, -0.2) is 4.57 Å². The van der Waals surface area contributed by atoms with E-state index in [2.05, 4.69) is 308 Å². The van der Waals surface area contributed by atoms with Gasteiger partial charge in [-0.1, -0.05) is 232 Å². The van der Waals surface area contributed by atoms with E-state index in [-0.39, 0.29) is 11.3 Å². The second-order valence-electron chi connectivity index (χ2n) is 21.9. The number of hydrogen-bond donors (Lipinski definition) is 0. The summed E-state index contributed by atoms with van der Waals surface area (Å²) in [4.78, 5) is 2.40. The van der Waals surface area contributed by atoms with Crippen LogP contribution in [0.2, 0.25) is 0 Å². The van der Waals surface area contributed by atoms with E-state index in [1.807, 2.05) is 0 Å². The first-order valence-electron chi connectivity index (χ1n) is 27.5. The number of aromatic nitrogens is 1. The van der Waals surface area contributed by atoms with E-state index in [4.69, 9.17) is 0 Å². The lowest BCUT2D eigenvalue weighted by atomic mass is 9.67. The molecule has 12 aromatic rings. The van der Waals surface area contributed by atoms with Gasteiger partial charge in [-0.2, -0.15) is 0 Å². The summed E-state index contributed by atoms with van der Waals surface area (Å²) in [5.74, 6) is 0.220. The number of hydrogen-bond acceptors (Lipinski definition) is 1. The molecule has 0 radical (unpaired) electrons. The molecule has 3 aliphatic carbocycles. The maximum Gasteiger partial charge on any atom is 0.0713 e. The zero-order chi connectivity index (χ0) is 52.0. The summed E-state index contributed by atoms with van der Waals surface area (Å²) in [6.07, 6.45) is 8.19. The van der Waals surface area contributed by atoms with Crippen molar-refractivity contribution < 1.29 is 0 Å². The molecule has 2 heteroatoms. The summed E-state index contributed by atoms with van der Waals surface area (Å²) >= 11 is 0. The lowest BCUT2D eigenvalue weighted by Gasteiger charge is -2.34. The van der Waals surface area contributed by atoms with Gasteiger partial charge in [0.2, 0.25) is 0 Å². The number of rotatable bonds is 9. The smallest absolute Gasteiger partial charge is 0.0713 e. The zero-order valence-corrected chi connectivity index (χ0v) is 43.8. The molecule has 0 bridgehead atoms. The minimum absolute atomic E-state index is 0.0516. The third kappa shape index (κ3) is 7.03. The van der Waals surface area contributed by atoms with Crippen LogP contribution in [0.15, 0.2) is 285 Å². The Morgan fingerprint density at radius 1 is 0.397 bits per heavy atom. The van der Waals surface area contributed by atoms with Gasteiger partial charge in [-0.3, -0.25) is 0 Å². The number of anilines is 3. The van der Waals surface area contributed by atoms with Crippen LogP contribution in [0.5, 0.6) is 0 Å². The molecule has 1 aromatic heterocycles. The van der Waals surface area contributed by atoms with Crippen molar-refractivity contribution in [1.82, 2.24) is 4.57 Å². The van der Waals surface area contributed by atoms with E-state index < -0.39 is 5.41 Å². The second-order valence-corrected chi connectivity index (χ2v) is 21.9. The molecule has 11 aromatic carbocycles. The molecule has 1 heterocycles. The summed E-state index contributed by atoms with van der Waals surface area (Å²) in [7, 11) is 0. The molecule has 1 atom stereocenters. The monoisotopic (exact) mass is 996 g/mol. The number of allylic oxidation sites excluding steroid dienone is 4. The Morgan fingerprint density at radius 3 is 1.71 bits per heavy atom. The molecular weight excluding hydrogens is 941 g/mol. The Hall–Kier alpha value is -9.50. The molecule has 78 heavy (non-hydrogen) atoms. The predicted octanol–water partition coefficient (Wildman–Crippen LogP) is 19.9. The van der Waals surface area contributed by atoms with Crippen LogP contribution in [0.4, 0.5) is 17.1 Å². The SMILES string of the molecule is CC1(C)c2ccccc2-c2cc(N(c3ccccc3)c3cccc(-c4cccc(-c5ccc6c(c5)c5ccccc5n6C5=CCC(c6cccc7c6-c6ccccc6C7(c6ccccc6)c6ccccc6)C=C5)c4)c3)ccc21. The van der Waals surface area contributed by atoms with Crippen LogP contribution < -0.4 is 4.90 Å². The average molecular weight is 997 g/mol. The number of benzene rings is 11. The molecule has 15 rings (SSSR count). The summed E-state index contributed by atoms with van der Waals surface area (Å²) in [5.41, 5.74) is 26.1. The fourth-order valence-corrected chi connectivity index (χ4v) is 13.8. The molecule has 0 amide bonds. The molecule has 0 aliphatic heterocycles. The van der Waals surface area contributed by atoms with Crippen LogP contribution in [0, 0.1) is 0 Å². The van der Waals surface area contributed by atoms with Gasteiger partial charge in [-0.25, -0.2) is 0 Å². The Balaban J connectivity index is 0.764. The van der Waals surface area contributed by atoms with E-state index in [1.54, 1.807) is 0 Å². The first-order chi connectivity index (χ1) is 38.4. The normalized spacial score (nSPS) is 15.4. The summed E-state index contributed by atoms with van der Waals surface area (Å²) in [6, 6.07) is 99.1. The highest BCUT2D eigenvalue weighted by Crippen LogP contribution is 2.58. The molecule has 0 saturated carbocycles. The standard InChI is InChI=1S/C76H56N2/c1-75(2)68-35-15-12-31-63(68)66-50-61(44-45-69(66)75)77(58-28-10-5-11-29-58)60-30-19-23-54(48-60)52-21-18-22-53(47-52)55-41-46-73-67(49-55)64-32-14-17-38-72(64)78(73)59-42-39-51(40-43-59)62-34-20-37-71-74(62)65-33-13-16-36-70(65)76(71,56-24-6-3-7-25-56)57-26-8-4-9-27-57/h3-39,41-51H,40H2,1-2H3. The topological polar surface area (TPSA) is 8.17 Å². The van der Waals surface area contributed by atoms with Gasteiger partial charge in [-0.15, -0.1) is 0 Å². The lowest BCUT2D eigenvalue weighted by molar-refractivity contribution is 0.660. The third-order valence-electron chi connectivity index (χ3n) is 17.4. The van der Waals surface area contributed by atoms with Gasteiger partial charge < -0.3 is 9.47 Å². The zero-order valence-electron chi connectivity index (χ0n) is 43.8. The average Bonchev–Trinajstić information content (AvgIpc) is 4.29. The number of para-hydroxylation sites is 2. The molecule has 370 valence electrons. The minimum Gasteiger partial charge on any atom is -0.310 e. The highest BCUT2D eigenvalue weighted by molar-refractivity contribution is 6.11. The number of nitrogens with zero attached hydrogens (tertiary/aromatic N) is 2. The van der Waals surface area contributed by atoms with Crippen LogP contribution in [-0.2, 0) is 10.8 Å². The van der Waals surface area contributed by atoms with Crippen LogP contribution >= 0.6 is 0 Å². The van der Waals surface area contributed by atoms with Crippen molar-refractivity contribution in [1.29, 1.82) is 0 Å². The highest BCUT2D eigenvalue weighted by Gasteiger charge is 2.47. The molecule has 0 fully saturated rings. The van der Waals surface area contributed by atoms with Crippen LogP contribution in [0.25, 0.3) is 72.0 Å². The Bertz CT molecular complexity index is 4340. The van der Waals surface area contributed by atoms with Crippen LogP contribution in [0.1, 0.15) is 65.1 Å². The van der Waals surface area contributed by atoms with Gasteiger partial charge in [0.05, 0.1) is 16.4 Å². The molecule has 0 spiro atoms. The van der Waals surface area contributed by atoms with Crippen molar-refractivity contribution in [2.75, 3.05) is 4.90 Å². The third-order valence-corrected chi connectivity index (χ3v) is 17.4. The van der Waals surface area contributed by atoms with Gasteiger partial charge in [0.1, 0.15) is 0 Å². The summed E-state index contributed by atoms with van der Waals surface area (Å²) in [6.45, 7) is 4.69. The summed E-state index contributed by atoms with van der Waals surface area (Å²) in [5, 5.41) is 2.51. The maximum absolute atomic E-state index is 2.47. The molecule has 0 N–H and O–H groups in total. The van der Waals surface area contributed by atoms with E-state index in [1.165, 1.54) is 111 Å². The summed E-state index contributed by atoms with van der Waals surface area (Å²) < 4.78 is 2.47. The van der Waals surface area contributed by atoms with Crippen molar-refractivity contribution >= 4 is 44.6 Å². The van der Waals surface area contributed by atoms with Crippen LogP contribution in [0.3, 0.4) is 0 Å². The fourth-order valence-electron chi connectivity index (χ4n) is 13.8. The molecule has 3 aliphatic rings. The Labute approximate surface area is 457 Å². The molecule has 1 unspecified atom stereocenters. The van der Waals surface area contributed by atoms with E-state index >= 15 is 0 Å². The Morgan fingerprint density at radius 2 is 0.962 bits per heavy atom.